The lowest BCUT2D eigenvalue weighted by atomic mass is 9.88. The minimum atomic E-state index is -1.07. The third-order valence-corrected chi connectivity index (χ3v) is 7.93. The smallest absolute Gasteiger partial charge is 0.341 e. The first-order valence-corrected chi connectivity index (χ1v) is 13.6. The van der Waals surface area contributed by atoms with Crippen LogP contribution in [0.1, 0.15) is 57.2 Å². The van der Waals surface area contributed by atoms with Gasteiger partial charge in [0.1, 0.15) is 10.8 Å². The molecule has 2 aromatic heterocycles. The van der Waals surface area contributed by atoms with Crippen LogP contribution in [-0.4, -0.2) is 52.1 Å². The third kappa shape index (κ3) is 5.17. The molecular formula is C25H28N4O5S2. The summed E-state index contributed by atoms with van der Waals surface area (Å²) in [6.45, 7) is 5.52. The molecule has 0 saturated carbocycles. The topological polar surface area (TPSA) is 112 Å². The van der Waals surface area contributed by atoms with Gasteiger partial charge in [0.05, 0.1) is 18.2 Å². The van der Waals surface area contributed by atoms with Gasteiger partial charge in [-0.3, -0.25) is 9.36 Å². The normalized spacial score (nSPS) is 15.6. The van der Waals surface area contributed by atoms with Crippen LogP contribution < -0.4 is 5.32 Å². The Hall–Kier alpha value is -3.18. The molecule has 0 saturated heterocycles. The summed E-state index contributed by atoms with van der Waals surface area (Å²) < 4.78 is 12.3. The number of carbonyl (C=O) groups excluding carboxylic acids is 3. The Kier molecular flexibility index (Phi) is 7.79. The molecule has 9 nitrogen and oxygen atoms in total. The van der Waals surface area contributed by atoms with Crippen molar-refractivity contribution >= 4 is 45.9 Å². The number of amides is 1. The molecule has 11 heteroatoms. The molecule has 0 radical (unpaired) electrons. The van der Waals surface area contributed by atoms with Gasteiger partial charge < -0.3 is 14.8 Å². The molecule has 36 heavy (non-hydrogen) atoms. The van der Waals surface area contributed by atoms with Crippen molar-refractivity contribution in [2.24, 2.45) is 5.92 Å². The van der Waals surface area contributed by atoms with E-state index >= 15 is 0 Å². The van der Waals surface area contributed by atoms with Gasteiger partial charge in [0.2, 0.25) is 0 Å². The molecule has 1 aliphatic carbocycles. The van der Waals surface area contributed by atoms with E-state index in [0.29, 0.717) is 22.0 Å². The van der Waals surface area contributed by atoms with E-state index in [0.717, 1.165) is 46.4 Å². The van der Waals surface area contributed by atoms with E-state index in [1.807, 2.05) is 17.7 Å². The van der Waals surface area contributed by atoms with Crippen molar-refractivity contribution in [3.05, 3.63) is 51.7 Å². The van der Waals surface area contributed by atoms with Gasteiger partial charge in [-0.15, -0.1) is 21.5 Å². The monoisotopic (exact) mass is 528 g/mol. The van der Waals surface area contributed by atoms with Gasteiger partial charge in [0, 0.05) is 10.6 Å². The first-order valence-electron chi connectivity index (χ1n) is 11.5. The molecule has 1 N–H and O–H groups in total. The average Bonchev–Trinajstić information content (AvgIpc) is 3.42. The summed E-state index contributed by atoms with van der Waals surface area (Å²) in [5.74, 6) is -0.368. The largest absolute Gasteiger partial charge is 0.465 e. The number of hydrogen-bond donors (Lipinski definition) is 1. The first-order chi connectivity index (χ1) is 17.2. The van der Waals surface area contributed by atoms with E-state index in [2.05, 4.69) is 22.4 Å². The maximum Gasteiger partial charge on any atom is 0.341 e. The number of anilines is 1. The van der Waals surface area contributed by atoms with Crippen LogP contribution in [0.4, 0.5) is 5.00 Å². The van der Waals surface area contributed by atoms with Gasteiger partial charge in [-0.1, -0.05) is 18.7 Å². The number of esters is 2. The van der Waals surface area contributed by atoms with Crippen LogP contribution in [-0.2, 0) is 27.1 Å². The highest BCUT2D eigenvalue weighted by molar-refractivity contribution is 7.98. The van der Waals surface area contributed by atoms with Crippen LogP contribution in [0, 0.1) is 12.8 Å². The molecule has 3 aromatic rings. The Bertz CT molecular complexity index is 1300. The number of thiophene rings is 1. The maximum absolute atomic E-state index is 12.9. The molecule has 0 aliphatic heterocycles. The highest BCUT2D eigenvalue weighted by Gasteiger charge is 2.30. The molecule has 0 fully saturated rings. The van der Waals surface area contributed by atoms with Crippen LogP contribution in [0.5, 0.6) is 0 Å². The fourth-order valence-corrected chi connectivity index (χ4v) is 6.12. The van der Waals surface area contributed by atoms with Gasteiger partial charge in [-0.25, -0.2) is 9.59 Å². The fraction of sp³-hybridized carbons (Fsp3) is 0.400. The van der Waals surface area contributed by atoms with Crippen molar-refractivity contribution in [1.29, 1.82) is 0 Å². The summed E-state index contributed by atoms with van der Waals surface area (Å²) in [5.41, 5.74) is 2.47. The number of ether oxygens (including phenoxy) is 2. The van der Waals surface area contributed by atoms with Crippen molar-refractivity contribution in [3.8, 4) is 5.69 Å². The number of benzene rings is 1. The van der Waals surface area contributed by atoms with Gasteiger partial charge >= 0.3 is 11.9 Å². The molecule has 2 heterocycles. The number of thioether (sulfide) groups is 1. The number of rotatable bonds is 7. The van der Waals surface area contributed by atoms with E-state index in [1.54, 1.807) is 24.3 Å². The van der Waals surface area contributed by atoms with Crippen molar-refractivity contribution in [2.45, 2.75) is 51.3 Å². The Morgan fingerprint density at radius 3 is 2.58 bits per heavy atom. The van der Waals surface area contributed by atoms with E-state index in [1.165, 1.54) is 37.1 Å². The average molecular weight is 529 g/mol. The lowest BCUT2D eigenvalue weighted by Crippen LogP contribution is -2.30. The summed E-state index contributed by atoms with van der Waals surface area (Å²) >= 11 is 2.86. The van der Waals surface area contributed by atoms with Crippen LogP contribution in [0.3, 0.4) is 0 Å². The van der Waals surface area contributed by atoms with E-state index in [4.69, 9.17) is 9.47 Å². The number of aryl methyl sites for hydroxylation is 1. The van der Waals surface area contributed by atoms with Crippen LogP contribution >= 0.6 is 23.1 Å². The van der Waals surface area contributed by atoms with E-state index < -0.39 is 23.9 Å². The predicted molar refractivity (Wildman–Crippen MR) is 138 cm³/mol. The third-order valence-electron chi connectivity index (χ3n) is 6.13. The van der Waals surface area contributed by atoms with Gasteiger partial charge in [-0.05, 0) is 75.1 Å². The number of aromatic nitrogens is 3. The van der Waals surface area contributed by atoms with Crippen LogP contribution in [0.25, 0.3) is 5.69 Å². The zero-order chi connectivity index (χ0) is 26.0. The second-order valence-corrected chi connectivity index (χ2v) is 10.6. The Morgan fingerprint density at radius 2 is 1.92 bits per heavy atom. The van der Waals surface area contributed by atoms with Crippen molar-refractivity contribution in [1.82, 2.24) is 14.8 Å². The molecule has 2 unspecified atom stereocenters. The molecule has 190 valence electrons. The van der Waals surface area contributed by atoms with Crippen molar-refractivity contribution in [3.63, 3.8) is 0 Å². The van der Waals surface area contributed by atoms with Crippen LogP contribution in [0.2, 0.25) is 0 Å². The van der Waals surface area contributed by atoms with Gasteiger partial charge in [0.15, 0.2) is 11.3 Å². The Morgan fingerprint density at radius 1 is 1.19 bits per heavy atom. The minimum absolute atomic E-state index is 0.311. The van der Waals surface area contributed by atoms with E-state index in [-0.39, 0.29) is 0 Å². The molecule has 0 spiro atoms. The van der Waals surface area contributed by atoms with E-state index in [9.17, 15) is 14.4 Å². The fourth-order valence-electron chi connectivity index (χ4n) is 4.17. The number of carbonyl (C=O) groups is 3. The highest BCUT2D eigenvalue weighted by Crippen LogP contribution is 2.40. The quantitative estimate of drug-likeness (QED) is 0.353. The molecule has 1 aromatic carbocycles. The lowest BCUT2D eigenvalue weighted by molar-refractivity contribution is -0.123. The molecule has 4 rings (SSSR count). The number of methoxy groups -OCH3 is 1. The Balaban J connectivity index is 1.45. The lowest BCUT2D eigenvalue weighted by Gasteiger charge is -2.18. The minimum Gasteiger partial charge on any atom is -0.465 e. The van der Waals surface area contributed by atoms with Gasteiger partial charge in [-0.2, -0.15) is 0 Å². The number of hydrogen-bond acceptors (Lipinski definition) is 9. The summed E-state index contributed by atoms with van der Waals surface area (Å²) in [6.07, 6.45) is 3.44. The molecule has 0 bridgehead atoms. The highest BCUT2D eigenvalue weighted by atomic mass is 32.2. The van der Waals surface area contributed by atoms with Crippen LogP contribution in [0.15, 0.2) is 29.4 Å². The zero-order valence-electron chi connectivity index (χ0n) is 20.8. The predicted octanol–water partition coefficient (Wildman–Crippen LogP) is 4.45. The standard InChI is InChI=1S/C25H28N4O5S2/c1-13-6-11-18-19(12-13)36-22(20(18)24(32)33-4)26-21(30)14(2)34-23(31)16-7-9-17(10-8-16)29-15(3)27-28-25(29)35-5/h7-10,13-14H,6,11-12H2,1-5H3,(H,26,30). The molecule has 1 aliphatic rings. The summed E-state index contributed by atoms with van der Waals surface area (Å²) in [4.78, 5) is 39.2. The Labute approximate surface area is 217 Å². The number of fused-ring (bicyclic) bond motifs is 1. The van der Waals surface area contributed by atoms with Crippen molar-refractivity contribution < 1.29 is 23.9 Å². The number of nitrogens with zero attached hydrogens (tertiary/aromatic N) is 3. The second kappa shape index (κ2) is 10.8. The SMILES string of the molecule is COC(=O)c1c(NC(=O)C(C)OC(=O)c2ccc(-n3c(C)nnc3SC)cc2)sc2c1CCC(C)C2. The molecule has 2 atom stereocenters. The number of nitrogens with one attached hydrogen (secondary N) is 1. The summed E-state index contributed by atoms with van der Waals surface area (Å²) in [6, 6.07) is 6.82. The first kappa shape index (κ1) is 25.9. The summed E-state index contributed by atoms with van der Waals surface area (Å²) in [7, 11) is 1.33. The summed E-state index contributed by atoms with van der Waals surface area (Å²) in [5, 5.41) is 12.2. The molecular weight excluding hydrogens is 500 g/mol. The second-order valence-electron chi connectivity index (χ2n) is 8.70. The van der Waals surface area contributed by atoms with Crippen molar-refractivity contribution in [2.75, 3.05) is 18.7 Å². The van der Waals surface area contributed by atoms with Gasteiger partial charge in [0.25, 0.3) is 5.91 Å². The zero-order valence-corrected chi connectivity index (χ0v) is 22.4. The molecule has 1 amide bonds. The maximum atomic E-state index is 12.9.